The molecule has 0 aliphatic carbocycles. The molecule has 2 N–H and O–H groups in total. The zero-order chi connectivity index (χ0) is 25.6. The lowest BCUT2D eigenvalue weighted by Crippen LogP contribution is -2.41. The number of nitrogens with zero attached hydrogens (tertiary/aromatic N) is 2. The first-order chi connectivity index (χ1) is 17.2. The molecule has 7 nitrogen and oxygen atoms in total. The highest BCUT2D eigenvalue weighted by molar-refractivity contribution is 7.88. The number of hydrogen-bond acceptors (Lipinski definition) is 6. The van der Waals surface area contributed by atoms with Crippen molar-refractivity contribution >= 4 is 21.5 Å². The Morgan fingerprint density at radius 1 is 0.833 bits per heavy atom. The van der Waals surface area contributed by atoms with Crippen molar-refractivity contribution in [2.24, 2.45) is 0 Å². The molecule has 4 aromatic rings. The van der Waals surface area contributed by atoms with Gasteiger partial charge in [0.25, 0.3) is 0 Å². The van der Waals surface area contributed by atoms with E-state index in [9.17, 15) is 8.42 Å². The van der Waals surface area contributed by atoms with Crippen LogP contribution in [0, 0.1) is 0 Å². The first-order valence-electron chi connectivity index (χ1n) is 11.6. The Morgan fingerprint density at radius 2 is 1.56 bits per heavy atom. The number of sulfonamides is 1. The van der Waals surface area contributed by atoms with E-state index >= 15 is 0 Å². The minimum atomic E-state index is -3.47. The number of hydrogen-bond donors (Lipinski definition) is 2. The van der Waals surface area contributed by atoms with Crippen LogP contribution in [0.15, 0.2) is 91.3 Å². The maximum absolute atomic E-state index is 12.5. The van der Waals surface area contributed by atoms with Gasteiger partial charge in [0.15, 0.2) is 0 Å². The van der Waals surface area contributed by atoms with Gasteiger partial charge in [0.1, 0.15) is 24.5 Å². The number of benzene rings is 3. The summed E-state index contributed by atoms with van der Waals surface area (Å²) in [6, 6.07) is 26.9. The molecule has 0 saturated carbocycles. The zero-order valence-electron chi connectivity index (χ0n) is 20.6. The predicted octanol–water partition coefficient (Wildman–Crippen LogP) is 5.68. The summed E-state index contributed by atoms with van der Waals surface area (Å²) in [7, 11) is -3.47. The van der Waals surface area contributed by atoms with Crippen LogP contribution in [0.1, 0.15) is 31.9 Å². The predicted molar refractivity (Wildman–Crippen MR) is 143 cm³/mol. The Hall–Kier alpha value is -3.75. The third kappa shape index (κ3) is 7.37. The van der Waals surface area contributed by atoms with E-state index in [4.69, 9.17) is 4.74 Å². The monoisotopic (exact) mass is 502 g/mol. The number of para-hydroxylation sites is 1. The molecule has 0 aliphatic heterocycles. The Morgan fingerprint density at radius 3 is 2.33 bits per heavy atom. The van der Waals surface area contributed by atoms with Crippen LogP contribution in [0.25, 0.3) is 11.3 Å². The Balaban J connectivity index is 1.50. The third-order valence-electron chi connectivity index (χ3n) is 5.09. The van der Waals surface area contributed by atoms with E-state index in [1.807, 2.05) is 93.6 Å². The lowest BCUT2D eigenvalue weighted by atomic mass is 10.1. The summed E-state index contributed by atoms with van der Waals surface area (Å²) >= 11 is 0. The van der Waals surface area contributed by atoms with Gasteiger partial charge in [-0.05, 0) is 56.2 Å². The molecule has 0 unspecified atom stereocenters. The lowest BCUT2D eigenvalue weighted by molar-refractivity contribution is 0.307. The van der Waals surface area contributed by atoms with Crippen molar-refractivity contribution in [2.75, 3.05) is 5.32 Å². The van der Waals surface area contributed by atoms with Gasteiger partial charge in [0, 0.05) is 22.9 Å². The molecule has 36 heavy (non-hydrogen) atoms. The fraction of sp³-hybridized carbons (Fsp3) is 0.214. The molecule has 0 spiro atoms. The minimum absolute atomic E-state index is 0.110. The smallest absolute Gasteiger partial charge is 0.216 e. The van der Waals surface area contributed by atoms with Gasteiger partial charge >= 0.3 is 0 Å². The highest BCUT2D eigenvalue weighted by atomic mass is 32.2. The van der Waals surface area contributed by atoms with Crippen LogP contribution in [0.2, 0.25) is 0 Å². The van der Waals surface area contributed by atoms with Gasteiger partial charge in [-0.2, -0.15) is 0 Å². The van der Waals surface area contributed by atoms with Crippen LogP contribution in [0.5, 0.6) is 5.75 Å². The van der Waals surface area contributed by atoms with E-state index in [1.54, 1.807) is 12.1 Å². The van der Waals surface area contributed by atoms with Crippen molar-refractivity contribution in [2.45, 2.75) is 38.7 Å². The van der Waals surface area contributed by atoms with Gasteiger partial charge in [-0.1, -0.05) is 54.6 Å². The molecule has 0 bridgehead atoms. The largest absolute Gasteiger partial charge is 0.488 e. The molecule has 186 valence electrons. The average Bonchev–Trinajstić information content (AvgIpc) is 2.82. The quantitative estimate of drug-likeness (QED) is 0.306. The molecule has 1 aromatic heterocycles. The van der Waals surface area contributed by atoms with E-state index < -0.39 is 15.6 Å². The third-order valence-corrected chi connectivity index (χ3v) is 6.72. The summed E-state index contributed by atoms with van der Waals surface area (Å²) in [4.78, 5) is 8.79. The lowest BCUT2D eigenvalue weighted by Gasteiger charge is -2.20. The van der Waals surface area contributed by atoms with Crippen LogP contribution in [0.4, 0.5) is 11.5 Å². The maximum Gasteiger partial charge on any atom is 0.216 e. The molecule has 1 heterocycles. The van der Waals surface area contributed by atoms with E-state index in [2.05, 4.69) is 20.0 Å². The SMILES string of the molecule is CC(C)(C)NS(=O)(=O)Cc1cccc(Nc2cc(-c3ccccc3OCc3ccccc3)ncn2)c1. The molecule has 8 heteroatoms. The standard InChI is InChI=1S/C28H30N4O3S/c1-28(2,3)32-36(33,34)19-22-12-9-13-23(16-22)31-27-17-25(29-20-30-27)24-14-7-8-15-26(24)35-18-21-10-5-4-6-11-21/h4-17,20,32H,18-19H2,1-3H3,(H,29,30,31). The Bertz CT molecular complexity index is 1420. The van der Waals surface area contributed by atoms with Crippen molar-refractivity contribution < 1.29 is 13.2 Å². The molecular formula is C28H30N4O3S. The van der Waals surface area contributed by atoms with Crippen molar-refractivity contribution in [3.05, 3.63) is 102 Å². The molecule has 4 rings (SSSR count). The topological polar surface area (TPSA) is 93.2 Å². The van der Waals surface area contributed by atoms with Gasteiger partial charge in [-0.15, -0.1) is 0 Å². The normalized spacial score (nSPS) is 11.8. The van der Waals surface area contributed by atoms with E-state index in [0.717, 1.165) is 22.6 Å². The molecule has 0 radical (unpaired) electrons. The second-order valence-corrected chi connectivity index (χ2v) is 11.2. The van der Waals surface area contributed by atoms with Gasteiger partial charge in [0.05, 0.1) is 11.4 Å². The molecule has 0 fully saturated rings. The fourth-order valence-corrected chi connectivity index (χ4v) is 5.34. The second-order valence-electron chi connectivity index (χ2n) is 9.50. The summed E-state index contributed by atoms with van der Waals surface area (Å²) < 4.78 is 33.8. The van der Waals surface area contributed by atoms with E-state index in [0.29, 0.717) is 23.7 Å². The highest BCUT2D eigenvalue weighted by Gasteiger charge is 2.20. The number of ether oxygens (including phenoxy) is 1. The first kappa shape index (κ1) is 25.3. The van der Waals surface area contributed by atoms with E-state index in [1.165, 1.54) is 6.33 Å². The van der Waals surface area contributed by atoms with E-state index in [-0.39, 0.29) is 5.75 Å². The summed E-state index contributed by atoms with van der Waals surface area (Å²) in [6.45, 7) is 5.91. The summed E-state index contributed by atoms with van der Waals surface area (Å²) in [6.07, 6.45) is 1.49. The maximum atomic E-state index is 12.5. The van der Waals surface area contributed by atoms with Crippen molar-refractivity contribution in [1.82, 2.24) is 14.7 Å². The van der Waals surface area contributed by atoms with Crippen LogP contribution in [-0.4, -0.2) is 23.9 Å². The molecular weight excluding hydrogens is 472 g/mol. The van der Waals surface area contributed by atoms with Crippen LogP contribution >= 0.6 is 0 Å². The first-order valence-corrected chi connectivity index (χ1v) is 13.3. The highest BCUT2D eigenvalue weighted by Crippen LogP contribution is 2.30. The summed E-state index contributed by atoms with van der Waals surface area (Å²) in [5.74, 6) is 1.20. The number of rotatable bonds is 9. The van der Waals surface area contributed by atoms with Crippen LogP contribution in [-0.2, 0) is 22.4 Å². The zero-order valence-corrected chi connectivity index (χ0v) is 21.4. The Kier molecular flexibility index (Phi) is 7.67. The molecule has 0 saturated heterocycles. The van der Waals surface area contributed by atoms with Crippen LogP contribution in [0.3, 0.4) is 0 Å². The average molecular weight is 503 g/mol. The van der Waals surface area contributed by atoms with Crippen molar-refractivity contribution in [3.8, 4) is 17.0 Å². The Labute approximate surface area is 212 Å². The number of nitrogens with one attached hydrogen (secondary N) is 2. The number of aromatic nitrogens is 2. The summed E-state index contributed by atoms with van der Waals surface area (Å²) in [5.41, 5.74) is 3.52. The molecule has 0 aliphatic rings. The van der Waals surface area contributed by atoms with Gasteiger partial charge in [-0.3, -0.25) is 0 Å². The van der Waals surface area contributed by atoms with Gasteiger partial charge < -0.3 is 10.1 Å². The fourth-order valence-electron chi connectivity index (χ4n) is 3.72. The van der Waals surface area contributed by atoms with Gasteiger partial charge in [0.2, 0.25) is 10.0 Å². The van der Waals surface area contributed by atoms with Crippen molar-refractivity contribution in [3.63, 3.8) is 0 Å². The molecule has 0 amide bonds. The number of anilines is 2. The second kappa shape index (κ2) is 10.9. The minimum Gasteiger partial charge on any atom is -0.488 e. The van der Waals surface area contributed by atoms with Crippen LogP contribution < -0.4 is 14.8 Å². The molecule has 3 aromatic carbocycles. The van der Waals surface area contributed by atoms with Crippen molar-refractivity contribution in [1.29, 1.82) is 0 Å². The summed E-state index contributed by atoms with van der Waals surface area (Å²) in [5, 5.41) is 3.26. The van der Waals surface area contributed by atoms with Gasteiger partial charge in [-0.25, -0.2) is 23.1 Å². The molecule has 0 atom stereocenters.